The number of benzene rings is 3. The van der Waals surface area contributed by atoms with Gasteiger partial charge >= 0.3 is 0 Å². The fourth-order valence-electron chi connectivity index (χ4n) is 3.80. The lowest BCUT2D eigenvalue weighted by atomic mass is 10.1. The number of carbonyl (C=O) groups excluding carboxylic acids is 2. The van der Waals surface area contributed by atoms with Crippen molar-refractivity contribution in [1.82, 2.24) is 5.32 Å². The Morgan fingerprint density at radius 2 is 1.78 bits per heavy atom. The van der Waals surface area contributed by atoms with Gasteiger partial charge in [-0.2, -0.15) is 10.1 Å². The van der Waals surface area contributed by atoms with E-state index >= 15 is 0 Å². The molecule has 0 aromatic heterocycles. The number of hydrazone groups is 1. The van der Waals surface area contributed by atoms with Gasteiger partial charge in [0.05, 0.1) is 23.6 Å². The van der Waals surface area contributed by atoms with E-state index in [9.17, 15) is 9.59 Å². The van der Waals surface area contributed by atoms with Crippen LogP contribution in [-0.4, -0.2) is 37.3 Å². The minimum atomic E-state index is -0.207. The van der Waals surface area contributed by atoms with E-state index in [1.54, 1.807) is 25.1 Å². The Balaban J connectivity index is 1.40. The minimum absolute atomic E-state index is 0.123. The summed E-state index contributed by atoms with van der Waals surface area (Å²) in [4.78, 5) is 25.3. The van der Waals surface area contributed by atoms with Crippen LogP contribution in [0.1, 0.15) is 25.0 Å². The van der Waals surface area contributed by atoms with Gasteiger partial charge in [-0.25, -0.2) is 0 Å². The zero-order valence-electron chi connectivity index (χ0n) is 20.7. The van der Waals surface area contributed by atoms with Gasteiger partial charge in [-0.3, -0.25) is 9.59 Å². The topological polar surface area (TPSA) is 80.2 Å². The molecule has 0 aliphatic carbocycles. The van der Waals surface area contributed by atoms with Crippen molar-refractivity contribution in [1.29, 1.82) is 0 Å². The lowest BCUT2D eigenvalue weighted by molar-refractivity contribution is -0.123. The maximum Gasteiger partial charge on any atom is 0.280 e. The predicted octanol–water partition coefficient (Wildman–Crippen LogP) is 5.39. The van der Waals surface area contributed by atoms with Crippen LogP contribution in [0, 0.1) is 0 Å². The van der Waals surface area contributed by atoms with Crippen molar-refractivity contribution in [3.63, 3.8) is 0 Å². The Bertz CT molecular complexity index is 1320. The Morgan fingerprint density at radius 1 is 1.03 bits per heavy atom. The third-order valence-corrected chi connectivity index (χ3v) is 6.18. The van der Waals surface area contributed by atoms with Crippen molar-refractivity contribution < 1.29 is 19.1 Å². The second-order valence-electron chi connectivity index (χ2n) is 8.35. The zero-order chi connectivity index (χ0) is 26.2. The van der Waals surface area contributed by atoms with Crippen molar-refractivity contribution in [2.45, 2.75) is 20.3 Å². The van der Waals surface area contributed by atoms with Crippen molar-refractivity contribution >= 4 is 45.2 Å². The fourth-order valence-corrected chi connectivity index (χ4v) is 4.06. The number of carbonyl (C=O) groups is 2. The summed E-state index contributed by atoms with van der Waals surface area (Å²) in [5, 5.41) is 8.70. The second kappa shape index (κ2) is 12.4. The van der Waals surface area contributed by atoms with E-state index < -0.39 is 0 Å². The molecule has 0 spiro atoms. The lowest BCUT2D eigenvalue weighted by Crippen LogP contribution is -2.30. The number of hydrogen-bond donors (Lipinski definition) is 1. The standard InChI is InChI=1S/C29H28BrN3O4/c1-3-36-27-18-22(17-25-20(2)32-33(29(25)35)24-12-10-23(30)11-13-24)9-14-26(27)37-19-28(34)31-16-15-21-7-5-4-6-8-21/h4-14,17-18H,3,15-16,19H2,1-2H3,(H,31,34)/b25-17+. The highest BCUT2D eigenvalue weighted by Gasteiger charge is 2.28. The van der Waals surface area contributed by atoms with Crippen LogP contribution >= 0.6 is 15.9 Å². The zero-order valence-corrected chi connectivity index (χ0v) is 22.3. The summed E-state index contributed by atoms with van der Waals surface area (Å²) in [7, 11) is 0. The average Bonchev–Trinajstić information content (AvgIpc) is 3.18. The second-order valence-corrected chi connectivity index (χ2v) is 9.27. The molecule has 3 aromatic carbocycles. The van der Waals surface area contributed by atoms with Crippen molar-refractivity contribution in [2.24, 2.45) is 5.10 Å². The molecule has 0 fully saturated rings. The first-order chi connectivity index (χ1) is 17.9. The first-order valence-corrected chi connectivity index (χ1v) is 12.8. The SMILES string of the molecule is CCOc1cc(/C=C2/C(=O)N(c3ccc(Br)cc3)N=C2C)ccc1OCC(=O)NCCc1ccccc1. The molecule has 37 heavy (non-hydrogen) atoms. The summed E-state index contributed by atoms with van der Waals surface area (Å²) in [6.07, 6.45) is 2.53. The number of hydrogen-bond acceptors (Lipinski definition) is 5. The smallest absolute Gasteiger partial charge is 0.280 e. The number of nitrogens with one attached hydrogen (secondary N) is 1. The average molecular weight is 562 g/mol. The van der Waals surface area contributed by atoms with Crippen molar-refractivity contribution in [3.05, 3.63) is 94.0 Å². The van der Waals surface area contributed by atoms with Crippen LogP contribution in [0.15, 0.2) is 87.9 Å². The molecule has 0 radical (unpaired) electrons. The summed E-state index contributed by atoms with van der Waals surface area (Å²) < 4.78 is 12.4. The normalized spacial score (nSPS) is 14.0. The monoisotopic (exact) mass is 561 g/mol. The predicted molar refractivity (Wildman–Crippen MR) is 149 cm³/mol. The Labute approximate surface area is 224 Å². The van der Waals surface area contributed by atoms with E-state index in [4.69, 9.17) is 9.47 Å². The molecule has 4 rings (SSSR count). The van der Waals surface area contributed by atoms with Gasteiger partial charge in [-0.15, -0.1) is 0 Å². The molecule has 1 heterocycles. The number of ether oxygens (including phenoxy) is 2. The highest BCUT2D eigenvalue weighted by atomic mass is 79.9. The van der Waals surface area contributed by atoms with E-state index in [2.05, 4.69) is 26.3 Å². The highest BCUT2D eigenvalue weighted by Crippen LogP contribution is 2.31. The number of amides is 2. The first-order valence-electron chi connectivity index (χ1n) is 12.0. The lowest BCUT2D eigenvalue weighted by Gasteiger charge is -2.13. The molecule has 1 N–H and O–H groups in total. The molecule has 0 atom stereocenters. The molecule has 8 heteroatoms. The third kappa shape index (κ3) is 6.86. The van der Waals surface area contributed by atoms with Gasteiger partial charge in [-0.05, 0) is 73.9 Å². The van der Waals surface area contributed by atoms with Gasteiger partial charge in [-0.1, -0.05) is 52.3 Å². The Kier molecular flexibility index (Phi) is 8.74. The quantitative estimate of drug-likeness (QED) is 0.336. The minimum Gasteiger partial charge on any atom is -0.490 e. The van der Waals surface area contributed by atoms with E-state index in [0.29, 0.717) is 41.6 Å². The van der Waals surface area contributed by atoms with Crippen LogP contribution in [-0.2, 0) is 16.0 Å². The van der Waals surface area contributed by atoms with Gasteiger partial charge in [0.15, 0.2) is 18.1 Å². The van der Waals surface area contributed by atoms with Gasteiger partial charge in [0.25, 0.3) is 11.8 Å². The van der Waals surface area contributed by atoms with Gasteiger partial charge in [0.1, 0.15) is 0 Å². The molecule has 0 bridgehead atoms. The van der Waals surface area contributed by atoms with Crippen LogP contribution in [0.4, 0.5) is 5.69 Å². The molecule has 190 valence electrons. The summed E-state index contributed by atoms with van der Waals surface area (Å²) in [5.41, 5.74) is 3.73. The first kappa shape index (κ1) is 26.2. The van der Waals surface area contributed by atoms with E-state index in [1.165, 1.54) is 5.01 Å². The van der Waals surface area contributed by atoms with Gasteiger partial charge in [0.2, 0.25) is 0 Å². The van der Waals surface area contributed by atoms with Crippen molar-refractivity contribution in [2.75, 3.05) is 24.8 Å². The summed E-state index contributed by atoms with van der Waals surface area (Å²) in [5.74, 6) is 0.548. The van der Waals surface area contributed by atoms with E-state index in [-0.39, 0.29) is 18.4 Å². The van der Waals surface area contributed by atoms with Crippen LogP contribution < -0.4 is 19.8 Å². The number of nitrogens with zero attached hydrogens (tertiary/aromatic N) is 2. The van der Waals surface area contributed by atoms with Gasteiger partial charge < -0.3 is 14.8 Å². The molecule has 0 saturated heterocycles. The van der Waals surface area contributed by atoms with Crippen LogP contribution in [0.2, 0.25) is 0 Å². The molecule has 7 nitrogen and oxygen atoms in total. The molecular formula is C29H28BrN3O4. The summed E-state index contributed by atoms with van der Waals surface area (Å²) in [6.45, 7) is 4.51. The summed E-state index contributed by atoms with van der Waals surface area (Å²) >= 11 is 3.41. The molecule has 1 aliphatic rings. The number of rotatable bonds is 10. The van der Waals surface area contributed by atoms with E-state index in [1.807, 2.05) is 67.6 Å². The molecule has 1 aliphatic heterocycles. The van der Waals surface area contributed by atoms with Crippen LogP contribution in [0.5, 0.6) is 11.5 Å². The summed E-state index contributed by atoms with van der Waals surface area (Å²) in [6, 6.07) is 22.7. The van der Waals surface area contributed by atoms with Crippen LogP contribution in [0.3, 0.4) is 0 Å². The maximum atomic E-state index is 13.1. The Morgan fingerprint density at radius 3 is 2.51 bits per heavy atom. The number of anilines is 1. The number of halogens is 1. The Hall–Kier alpha value is -3.91. The van der Waals surface area contributed by atoms with Crippen LogP contribution in [0.25, 0.3) is 6.08 Å². The van der Waals surface area contributed by atoms with E-state index in [0.717, 1.165) is 22.0 Å². The largest absolute Gasteiger partial charge is 0.490 e. The highest BCUT2D eigenvalue weighted by molar-refractivity contribution is 9.10. The molecule has 2 amide bonds. The molecule has 0 unspecified atom stereocenters. The molecule has 3 aromatic rings. The molecule has 0 saturated carbocycles. The van der Waals surface area contributed by atoms with Gasteiger partial charge in [0, 0.05) is 11.0 Å². The third-order valence-electron chi connectivity index (χ3n) is 5.65. The fraction of sp³-hybridized carbons (Fsp3) is 0.207. The maximum absolute atomic E-state index is 13.1. The molecular weight excluding hydrogens is 534 g/mol. The van der Waals surface area contributed by atoms with Crippen molar-refractivity contribution in [3.8, 4) is 11.5 Å².